The van der Waals surface area contributed by atoms with Gasteiger partial charge in [-0.3, -0.25) is 9.59 Å². The molecule has 31 heavy (non-hydrogen) atoms. The van der Waals surface area contributed by atoms with E-state index in [1.807, 2.05) is 44.2 Å². The first-order chi connectivity index (χ1) is 14.8. The first-order valence-corrected chi connectivity index (χ1v) is 10.3. The van der Waals surface area contributed by atoms with Gasteiger partial charge in [0, 0.05) is 30.5 Å². The Morgan fingerprint density at radius 2 is 1.55 bits per heavy atom. The number of rotatable bonds is 7. The highest BCUT2D eigenvalue weighted by atomic mass is 16.2. The molecule has 160 valence electrons. The molecule has 0 aliphatic carbocycles. The van der Waals surface area contributed by atoms with Gasteiger partial charge in [0.15, 0.2) is 0 Å². The van der Waals surface area contributed by atoms with E-state index in [1.165, 1.54) is 5.56 Å². The van der Waals surface area contributed by atoms with E-state index in [2.05, 4.69) is 29.7 Å². The first kappa shape index (κ1) is 22.1. The number of carbonyl (C=O) groups is 2. The maximum absolute atomic E-state index is 12.8. The van der Waals surface area contributed by atoms with Crippen molar-refractivity contribution in [1.29, 1.82) is 0 Å². The predicted octanol–water partition coefficient (Wildman–Crippen LogP) is 4.93. The molecule has 0 bridgehead atoms. The number of nitrogens with zero attached hydrogens (tertiary/aromatic N) is 1. The minimum atomic E-state index is -0.165. The normalized spacial score (nSPS) is 10.5. The van der Waals surface area contributed by atoms with Crippen molar-refractivity contribution >= 4 is 23.2 Å². The summed E-state index contributed by atoms with van der Waals surface area (Å²) >= 11 is 0. The Labute approximate surface area is 184 Å². The summed E-state index contributed by atoms with van der Waals surface area (Å²) in [7, 11) is 1.77. The second kappa shape index (κ2) is 9.94. The molecule has 0 fully saturated rings. The molecule has 3 rings (SSSR count). The molecule has 0 spiro atoms. The van der Waals surface area contributed by atoms with Crippen molar-refractivity contribution < 1.29 is 9.59 Å². The standard InChI is InChI=1S/C26H29N3O2/c1-18-13-19(2)25(20(3)14-18)27-16-24(30)28-23-12-8-11-22(15-23)26(31)29(4)17-21-9-6-5-7-10-21/h5-15,27H,16-17H2,1-4H3,(H,28,30). The lowest BCUT2D eigenvalue weighted by molar-refractivity contribution is -0.114. The Kier molecular flexibility index (Phi) is 7.08. The van der Waals surface area contributed by atoms with Gasteiger partial charge in [0.1, 0.15) is 0 Å². The molecule has 0 atom stereocenters. The number of hydrogen-bond acceptors (Lipinski definition) is 3. The number of amides is 2. The van der Waals surface area contributed by atoms with Crippen LogP contribution in [0.4, 0.5) is 11.4 Å². The second-order valence-corrected chi connectivity index (χ2v) is 7.90. The number of carbonyl (C=O) groups excluding carboxylic acids is 2. The molecule has 5 heteroatoms. The van der Waals surface area contributed by atoms with Gasteiger partial charge in [-0.05, 0) is 55.7 Å². The molecule has 2 N–H and O–H groups in total. The molecule has 0 aliphatic heterocycles. The van der Waals surface area contributed by atoms with Crippen LogP contribution in [0, 0.1) is 20.8 Å². The average molecular weight is 416 g/mol. The van der Waals surface area contributed by atoms with E-state index in [-0.39, 0.29) is 18.4 Å². The molecular weight excluding hydrogens is 386 g/mol. The molecule has 0 aromatic heterocycles. The van der Waals surface area contributed by atoms with Gasteiger partial charge in [-0.1, -0.05) is 54.1 Å². The Hall–Kier alpha value is -3.60. The summed E-state index contributed by atoms with van der Waals surface area (Å²) in [5.74, 6) is -0.259. The minimum Gasteiger partial charge on any atom is -0.376 e. The van der Waals surface area contributed by atoms with Crippen LogP contribution in [-0.2, 0) is 11.3 Å². The number of aryl methyl sites for hydroxylation is 3. The minimum absolute atomic E-state index is 0.0935. The van der Waals surface area contributed by atoms with E-state index in [0.29, 0.717) is 17.8 Å². The van der Waals surface area contributed by atoms with Crippen molar-refractivity contribution in [3.05, 3.63) is 94.5 Å². The number of benzene rings is 3. The molecule has 0 heterocycles. The summed E-state index contributed by atoms with van der Waals surface area (Å²) < 4.78 is 0. The van der Waals surface area contributed by atoms with Crippen molar-refractivity contribution in [3.8, 4) is 0 Å². The van der Waals surface area contributed by atoms with E-state index in [9.17, 15) is 9.59 Å². The van der Waals surface area contributed by atoms with Gasteiger partial charge in [-0.2, -0.15) is 0 Å². The van der Waals surface area contributed by atoms with Crippen molar-refractivity contribution in [2.45, 2.75) is 27.3 Å². The zero-order valence-corrected chi connectivity index (χ0v) is 18.5. The monoisotopic (exact) mass is 415 g/mol. The summed E-state index contributed by atoms with van der Waals surface area (Å²) in [5.41, 5.74) is 6.60. The summed E-state index contributed by atoms with van der Waals surface area (Å²) in [5, 5.41) is 6.10. The molecule has 0 aliphatic rings. The van der Waals surface area contributed by atoms with E-state index in [4.69, 9.17) is 0 Å². The molecular formula is C26H29N3O2. The number of anilines is 2. The molecule has 2 amide bonds. The van der Waals surface area contributed by atoms with Crippen LogP contribution in [0.3, 0.4) is 0 Å². The zero-order chi connectivity index (χ0) is 22.4. The fourth-order valence-electron chi connectivity index (χ4n) is 3.71. The van der Waals surface area contributed by atoms with Crippen molar-refractivity contribution in [1.82, 2.24) is 4.90 Å². The molecule has 0 unspecified atom stereocenters. The van der Waals surface area contributed by atoms with Gasteiger partial charge in [-0.15, -0.1) is 0 Å². The lowest BCUT2D eigenvalue weighted by Gasteiger charge is -2.18. The fraction of sp³-hybridized carbons (Fsp3) is 0.231. The number of hydrogen-bond donors (Lipinski definition) is 2. The lowest BCUT2D eigenvalue weighted by Crippen LogP contribution is -2.26. The molecule has 3 aromatic carbocycles. The van der Waals surface area contributed by atoms with E-state index < -0.39 is 0 Å². The highest BCUT2D eigenvalue weighted by Crippen LogP contribution is 2.21. The van der Waals surface area contributed by atoms with Crippen LogP contribution in [0.15, 0.2) is 66.7 Å². The maximum atomic E-state index is 12.8. The average Bonchev–Trinajstić information content (AvgIpc) is 2.73. The van der Waals surface area contributed by atoms with Crippen LogP contribution in [0.1, 0.15) is 32.6 Å². The highest BCUT2D eigenvalue weighted by molar-refractivity contribution is 5.98. The third-order valence-electron chi connectivity index (χ3n) is 5.11. The van der Waals surface area contributed by atoms with E-state index in [1.54, 1.807) is 36.2 Å². The largest absolute Gasteiger partial charge is 0.376 e. The van der Waals surface area contributed by atoms with Crippen LogP contribution >= 0.6 is 0 Å². The SMILES string of the molecule is Cc1cc(C)c(NCC(=O)Nc2cccc(C(=O)N(C)Cc3ccccc3)c2)c(C)c1. The molecule has 0 saturated carbocycles. The lowest BCUT2D eigenvalue weighted by atomic mass is 10.1. The Morgan fingerprint density at radius 3 is 2.23 bits per heavy atom. The topological polar surface area (TPSA) is 61.4 Å². The van der Waals surface area contributed by atoms with Crippen LogP contribution < -0.4 is 10.6 Å². The van der Waals surface area contributed by atoms with Crippen LogP contribution in [0.25, 0.3) is 0 Å². The van der Waals surface area contributed by atoms with Crippen LogP contribution in [0.2, 0.25) is 0 Å². The Bertz CT molecular complexity index is 1050. The molecule has 5 nitrogen and oxygen atoms in total. The quantitative estimate of drug-likeness (QED) is 0.575. The Balaban J connectivity index is 1.61. The van der Waals surface area contributed by atoms with Gasteiger partial charge in [0.25, 0.3) is 5.91 Å². The zero-order valence-electron chi connectivity index (χ0n) is 18.5. The maximum Gasteiger partial charge on any atom is 0.253 e. The highest BCUT2D eigenvalue weighted by Gasteiger charge is 2.13. The number of nitrogens with one attached hydrogen (secondary N) is 2. The summed E-state index contributed by atoms with van der Waals surface area (Å²) in [6.45, 7) is 6.79. The first-order valence-electron chi connectivity index (χ1n) is 10.3. The van der Waals surface area contributed by atoms with E-state index in [0.717, 1.165) is 22.4 Å². The predicted molar refractivity (Wildman–Crippen MR) is 126 cm³/mol. The van der Waals surface area contributed by atoms with Gasteiger partial charge in [0.2, 0.25) is 5.91 Å². The van der Waals surface area contributed by atoms with Crippen molar-refractivity contribution in [2.75, 3.05) is 24.2 Å². The summed E-state index contributed by atoms with van der Waals surface area (Å²) in [6.07, 6.45) is 0. The van der Waals surface area contributed by atoms with Gasteiger partial charge < -0.3 is 15.5 Å². The Morgan fingerprint density at radius 1 is 0.871 bits per heavy atom. The van der Waals surface area contributed by atoms with E-state index >= 15 is 0 Å². The smallest absolute Gasteiger partial charge is 0.253 e. The molecule has 0 saturated heterocycles. The third-order valence-corrected chi connectivity index (χ3v) is 5.11. The van der Waals surface area contributed by atoms with Crippen molar-refractivity contribution in [3.63, 3.8) is 0 Å². The summed E-state index contributed by atoms with van der Waals surface area (Å²) in [6, 6.07) is 21.1. The van der Waals surface area contributed by atoms with Crippen LogP contribution in [0.5, 0.6) is 0 Å². The van der Waals surface area contributed by atoms with Crippen molar-refractivity contribution in [2.24, 2.45) is 0 Å². The fourth-order valence-corrected chi connectivity index (χ4v) is 3.71. The van der Waals surface area contributed by atoms with Gasteiger partial charge in [-0.25, -0.2) is 0 Å². The molecule has 3 aromatic rings. The summed E-state index contributed by atoms with van der Waals surface area (Å²) in [4.78, 5) is 26.9. The van der Waals surface area contributed by atoms with Crippen LogP contribution in [-0.4, -0.2) is 30.3 Å². The molecule has 0 radical (unpaired) electrons. The van der Waals surface area contributed by atoms with Gasteiger partial charge >= 0.3 is 0 Å². The second-order valence-electron chi connectivity index (χ2n) is 7.90. The van der Waals surface area contributed by atoms with Gasteiger partial charge in [0.05, 0.1) is 6.54 Å². The third kappa shape index (κ3) is 5.95.